The van der Waals surface area contributed by atoms with Crippen molar-refractivity contribution in [2.24, 2.45) is 0 Å². The van der Waals surface area contributed by atoms with Gasteiger partial charge < -0.3 is 0 Å². The van der Waals surface area contributed by atoms with E-state index < -0.39 is 6.95 Å². The zero-order chi connectivity index (χ0) is 16.0. The van der Waals surface area contributed by atoms with Gasteiger partial charge in [0.05, 0.1) is 0 Å². The third-order valence-corrected chi connectivity index (χ3v) is 13.6. The fraction of sp³-hybridized carbons (Fsp3) is 0.0476. The van der Waals surface area contributed by atoms with Crippen molar-refractivity contribution >= 4 is 31.1 Å². The Balaban J connectivity index is 0.00000208. The summed E-state index contributed by atoms with van der Waals surface area (Å²) in [6.07, 6.45) is 3.12. The molecule has 0 saturated carbocycles. The van der Waals surface area contributed by atoms with Crippen LogP contribution in [-0.4, -0.2) is 6.16 Å². The van der Waals surface area contributed by atoms with Crippen LogP contribution in [0.25, 0.3) is 0 Å². The average Bonchev–Trinajstić information content (AvgIpc) is 2.65. The Morgan fingerprint density at radius 3 is 1.29 bits per heavy atom. The van der Waals surface area contributed by atoms with Gasteiger partial charge in [0.2, 0.25) is 0 Å². The molecule has 1 radical (unpaired) electrons. The quantitative estimate of drug-likeness (QED) is 0.299. The molecule has 0 saturated heterocycles. The van der Waals surface area contributed by atoms with E-state index in [0.717, 1.165) is 14.4 Å². The normalized spacial score (nSPS) is 11.8. The van der Waals surface area contributed by atoms with Crippen molar-refractivity contribution in [3.05, 3.63) is 104 Å². The maximum atomic E-state index is 3.97. The van der Waals surface area contributed by atoms with Crippen LogP contribution in [-0.2, 0) is 22.4 Å². The van der Waals surface area contributed by atoms with Crippen LogP contribution in [0.15, 0.2) is 104 Å². The third-order valence-electron chi connectivity index (χ3n) is 4.13. The van der Waals surface area contributed by atoms with Gasteiger partial charge in [0.15, 0.2) is 0 Å². The van der Waals surface area contributed by atoms with Gasteiger partial charge in [-0.05, 0) is 0 Å². The summed E-state index contributed by atoms with van der Waals surface area (Å²) in [5.41, 5.74) is 0. The summed E-state index contributed by atoms with van der Waals surface area (Å²) in [6, 6.07) is 33.2. The van der Waals surface area contributed by atoms with Crippen LogP contribution in [0.5, 0.6) is 0 Å². The molecule has 0 amide bonds. The maximum absolute atomic E-state index is 3.97. The summed E-state index contributed by atoms with van der Waals surface area (Å²) >= 11 is 0. The van der Waals surface area contributed by atoms with Crippen molar-refractivity contribution in [2.75, 3.05) is 6.16 Å². The van der Waals surface area contributed by atoms with Gasteiger partial charge >= 0.3 is 141 Å². The Morgan fingerprint density at radius 2 is 1.00 bits per heavy atom. The molecule has 1 unspecified atom stereocenters. The molecule has 0 heterocycles. The number of hydrogen-bond donors (Lipinski definition) is 0. The predicted molar refractivity (Wildman–Crippen MR) is 110 cm³/mol. The number of rotatable bonds is 6. The fourth-order valence-corrected chi connectivity index (χ4v) is 11.9. The molecule has 0 fully saturated rings. The summed E-state index contributed by atoms with van der Waals surface area (Å²) < 4.78 is 0. The molecule has 0 aromatic heterocycles. The summed E-state index contributed by atoms with van der Waals surface area (Å²) in [6.45, 7) is 1.99. The molecule has 24 heavy (non-hydrogen) atoms. The number of allylic oxidation sites excluding steroid dienone is 1. The summed E-state index contributed by atoms with van der Waals surface area (Å²) in [7, 11) is 0.847. The summed E-state index contributed by atoms with van der Waals surface area (Å²) in [4.78, 5) is 0. The molecular formula is C21H22AgP2. The third kappa shape index (κ3) is 3.97. The molecule has 0 N–H and O–H groups in total. The average molecular weight is 444 g/mol. The standard InChI is InChI=1S/C21H22P2.Ag/c1-2-18-22-23(19-12-6-3-7-13-19,20-14-8-4-9-15-20)21-16-10-5-11-17-21;/h2-17,22-23H,1,18H2;. The second kappa shape index (κ2) is 9.47. The number of benzene rings is 3. The van der Waals surface area contributed by atoms with E-state index in [-0.39, 0.29) is 22.4 Å². The van der Waals surface area contributed by atoms with Gasteiger partial charge in [0, 0.05) is 22.4 Å². The van der Waals surface area contributed by atoms with Crippen LogP contribution in [0.4, 0.5) is 0 Å². The van der Waals surface area contributed by atoms with Crippen molar-refractivity contribution < 1.29 is 22.4 Å². The molecule has 0 aliphatic heterocycles. The van der Waals surface area contributed by atoms with Crippen LogP contribution in [0.2, 0.25) is 0 Å². The van der Waals surface area contributed by atoms with E-state index >= 15 is 0 Å². The first kappa shape index (κ1) is 19.3. The van der Waals surface area contributed by atoms with E-state index in [1.807, 2.05) is 0 Å². The molecule has 0 bridgehead atoms. The molecule has 3 aromatic rings. The predicted octanol–water partition coefficient (Wildman–Crippen LogP) is 4.49. The Hall–Kier alpha value is -1.000. The van der Waals surface area contributed by atoms with E-state index in [1.54, 1.807) is 0 Å². The zero-order valence-electron chi connectivity index (χ0n) is 13.5. The van der Waals surface area contributed by atoms with E-state index in [1.165, 1.54) is 15.9 Å². The molecule has 0 aliphatic rings. The maximum Gasteiger partial charge on any atom is 0 e. The van der Waals surface area contributed by atoms with Gasteiger partial charge in [-0.25, -0.2) is 0 Å². The monoisotopic (exact) mass is 443 g/mol. The van der Waals surface area contributed by atoms with Crippen LogP contribution in [0.3, 0.4) is 0 Å². The van der Waals surface area contributed by atoms with Crippen molar-refractivity contribution in [2.45, 2.75) is 0 Å². The van der Waals surface area contributed by atoms with Crippen molar-refractivity contribution in [1.29, 1.82) is 0 Å². The Morgan fingerprint density at radius 1 is 0.667 bits per heavy atom. The van der Waals surface area contributed by atoms with Gasteiger partial charge in [-0.3, -0.25) is 0 Å². The topological polar surface area (TPSA) is 0 Å². The molecule has 3 rings (SSSR count). The molecule has 0 spiro atoms. The smallest absolute Gasteiger partial charge is 0 e. The summed E-state index contributed by atoms with van der Waals surface area (Å²) in [5.74, 6) is 0. The Labute approximate surface area is 162 Å². The molecule has 0 aliphatic carbocycles. The molecule has 3 aromatic carbocycles. The van der Waals surface area contributed by atoms with Crippen molar-refractivity contribution in [3.8, 4) is 0 Å². The minimum absolute atomic E-state index is 0. The van der Waals surface area contributed by atoms with Gasteiger partial charge in [-0.2, -0.15) is 0 Å². The van der Waals surface area contributed by atoms with E-state index in [9.17, 15) is 0 Å². The molecule has 3 heteroatoms. The first-order valence-corrected chi connectivity index (χ1v) is 12.1. The Kier molecular flexibility index (Phi) is 7.63. The van der Waals surface area contributed by atoms with Crippen LogP contribution in [0.1, 0.15) is 0 Å². The van der Waals surface area contributed by atoms with Gasteiger partial charge in [0.25, 0.3) is 0 Å². The second-order valence-electron chi connectivity index (χ2n) is 5.52. The Bertz CT molecular complexity index is 646. The molecule has 0 nitrogen and oxygen atoms in total. The minimum atomic E-state index is -1.99. The molecule has 127 valence electrons. The van der Waals surface area contributed by atoms with Crippen LogP contribution in [0, 0.1) is 0 Å². The van der Waals surface area contributed by atoms with Gasteiger partial charge in [-0.15, -0.1) is 0 Å². The van der Waals surface area contributed by atoms with Gasteiger partial charge in [-0.1, -0.05) is 0 Å². The molecule has 1 atom stereocenters. The second-order valence-corrected chi connectivity index (χ2v) is 12.8. The minimum Gasteiger partial charge on any atom is 0 e. The largest absolute Gasteiger partial charge is 0 e. The van der Waals surface area contributed by atoms with E-state index in [0.29, 0.717) is 0 Å². The van der Waals surface area contributed by atoms with Crippen molar-refractivity contribution in [3.63, 3.8) is 0 Å². The van der Waals surface area contributed by atoms with Crippen molar-refractivity contribution in [1.82, 2.24) is 0 Å². The fourth-order valence-electron chi connectivity index (χ4n) is 3.10. The SMILES string of the molecule is C=CCP[PH](c1ccccc1)(c1ccccc1)c1ccccc1.[Ag]. The molecular weight excluding hydrogens is 422 g/mol. The summed E-state index contributed by atoms with van der Waals surface area (Å²) in [5, 5.41) is 4.45. The first-order valence-electron chi connectivity index (χ1n) is 7.90. The van der Waals surface area contributed by atoms with E-state index in [2.05, 4.69) is 104 Å². The number of hydrogen-bond acceptors (Lipinski definition) is 0. The first-order chi connectivity index (χ1) is 11.4. The van der Waals surface area contributed by atoms with Crippen LogP contribution < -0.4 is 15.9 Å². The van der Waals surface area contributed by atoms with Gasteiger partial charge in [0.1, 0.15) is 0 Å². The van der Waals surface area contributed by atoms with E-state index in [4.69, 9.17) is 0 Å². The van der Waals surface area contributed by atoms with Crippen LogP contribution >= 0.6 is 15.2 Å². The zero-order valence-corrected chi connectivity index (χ0v) is 16.9.